The van der Waals surface area contributed by atoms with Gasteiger partial charge in [-0.1, -0.05) is 42.5 Å². The Morgan fingerprint density at radius 2 is 1.89 bits per heavy atom. The second-order valence-electron chi connectivity index (χ2n) is 5.76. The summed E-state index contributed by atoms with van der Waals surface area (Å²) in [7, 11) is 0. The minimum Gasteiger partial charge on any atom is -0.383 e. The Hall–Kier alpha value is -3.32. The van der Waals surface area contributed by atoms with Gasteiger partial charge >= 0.3 is 0 Å². The van der Waals surface area contributed by atoms with E-state index in [0.717, 1.165) is 23.6 Å². The fourth-order valence-electron chi connectivity index (χ4n) is 2.31. The molecule has 0 saturated heterocycles. The summed E-state index contributed by atoms with van der Waals surface area (Å²) < 4.78 is 27.3. The topological polar surface area (TPSA) is 89.3 Å². The second kappa shape index (κ2) is 8.86. The van der Waals surface area contributed by atoms with Crippen molar-refractivity contribution in [2.45, 2.75) is 13.8 Å². The van der Waals surface area contributed by atoms with Crippen LogP contribution in [-0.2, 0) is 0 Å². The third-order valence-corrected chi connectivity index (χ3v) is 3.73. The van der Waals surface area contributed by atoms with Crippen LogP contribution in [0.5, 0.6) is 0 Å². The number of aliphatic imine (C=N–C) groups is 1. The van der Waals surface area contributed by atoms with Crippen molar-refractivity contribution in [1.29, 1.82) is 0 Å². The van der Waals surface area contributed by atoms with Crippen LogP contribution in [0.1, 0.15) is 18.1 Å². The molecule has 0 aliphatic carbocycles. The maximum Gasteiger partial charge on any atom is 0.179 e. The molecule has 0 amide bonds. The van der Waals surface area contributed by atoms with E-state index in [4.69, 9.17) is 11.6 Å². The van der Waals surface area contributed by atoms with Crippen LogP contribution in [-0.4, -0.2) is 10.8 Å². The molecule has 1 aromatic heterocycles. The number of nitrogens with one attached hydrogen (secondary N) is 1. The van der Waals surface area contributed by atoms with Crippen LogP contribution in [0.15, 0.2) is 77.6 Å². The van der Waals surface area contributed by atoms with Gasteiger partial charge < -0.3 is 11.2 Å². The van der Waals surface area contributed by atoms with Crippen molar-refractivity contribution in [2.75, 3.05) is 5.73 Å². The van der Waals surface area contributed by atoms with Crippen molar-refractivity contribution in [2.24, 2.45) is 10.8 Å². The molecular weight excluding hydrogens is 348 g/mol. The van der Waals surface area contributed by atoms with E-state index >= 15 is 0 Å². The fraction of sp³-hybridized carbons (Fsp3) is 0.100. The van der Waals surface area contributed by atoms with Crippen molar-refractivity contribution in [1.82, 2.24) is 10.4 Å². The lowest BCUT2D eigenvalue weighted by atomic mass is 10.0. The zero-order valence-corrected chi connectivity index (χ0v) is 15.1. The van der Waals surface area contributed by atoms with Gasteiger partial charge in [-0.05, 0) is 31.6 Å². The van der Waals surface area contributed by atoms with E-state index in [1.54, 1.807) is 12.3 Å². The first-order valence-corrected chi connectivity index (χ1v) is 8.10. The Balaban J connectivity index is 2.57. The lowest BCUT2D eigenvalue weighted by Gasteiger charge is -2.11. The molecule has 0 atom stereocenters. The summed E-state index contributed by atoms with van der Waals surface area (Å²) in [5.74, 6) is 3.60. The van der Waals surface area contributed by atoms with Gasteiger partial charge in [0.2, 0.25) is 0 Å². The molecule has 5 N–H and O–H groups in total. The molecular formula is C20H21F2N5. The van der Waals surface area contributed by atoms with Crippen LogP contribution >= 0.6 is 0 Å². The molecule has 0 aliphatic rings. The van der Waals surface area contributed by atoms with E-state index in [2.05, 4.69) is 22.0 Å². The Bertz CT molecular complexity index is 924. The fourth-order valence-corrected chi connectivity index (χ4v) is 2.31. The average Bonchev–Trinajstić information content (AvgIpc) is 2.66. The Morgan fingerprint density at radius 1 is 1.22 bits per heavy atom. The molecule has 1 heterocycles. The average molecular weight is 369 g/mol. The predicted molar refractivity (Wildman–Crippen MR) is 106 cm³/mol. The summed E-state index contributed by atoms with van der Waals surface area (Å²) in [5, 5.41) is 0. The predicted octanol–water partition coefficient (Wildman–Crippen LogP) is 4.09. The number of amidine groups is 1. The molecule has 0 saturated carbocycles. The van der Waals surface area contributed by atoms with Crippen molar-refractivity contribution in [3.63, 3.8) is 0 Å². The summed E-state index contributed by atoms with van der Waals surface area (Å²) in [6.07, 6.45) is 4.13. The number of nitrogens with two attached hydrogens (primary N) is 2. The number of nitrogens with zero attached hydrogens (tertiary/aromatic N) is 2. The summed E-state index contributed by atoms with van der Waals surface area (Å²) >= 11 is 0. The maximum atomic E-state index is 14.0. The molecule has 140 valence electrons. The highest BCUT2D eigenvalue weighted by molar-refractivity contribution is 6.03. The van der Waals surface area contributed by atoms with Crippen molar-refractivity contribution < 1.29 is 8.78 Å². The Kier molecular flexibility index (Phi) is 6.56. The van der Waals surface area contributed by atoms with Crippen LogP contribution in [0.4, 0.5) is 14.6 Å². The number of benzene rings is 1. The summed E-state index contributed by atoms with van der Waals surface area (Å²) in [5.41, 5.74) is 11.2. The largest absolute Gasteiger partial charge is 0.383 e. The van der Waals surface area contributed by atoms with Crippen molar-refractivity contribution >= 4 is 11.7 Å². The molecule has 0 spiro atoms. The Morgan fingerprint density at radius 3 is 2.44 bits per heavy atom. The molecule has 0 radical (unpaired) electrons. The first kappa shape index (κ1) is 20.0. The first-order chi connectivity index (χ1) is 12.9. The highest BCUT2D eigenvalue weighted by atomic mass is 19.2. The van der Waals surface area contributed by atoms with E-state index in [9.17, 15) is 8.78 Å². The number of hydrazine groups is 1. The quantitative estimate of drug-likeness (QED) is 0.243. The number of anilines is 1. The smallest absolute Gasteiger partial charge is 0.179 e. The molecule has 0 bridgehead atoms. The van der Waals surface area contributed by atoms with Crippen LogP contribution in [0.3, 0.4) is 0 Å². The number of pyridine rings is 1. The molecule has 2 rings (SSSR count). The lowest BCUT2D eigenvalue weighted by molar-refractivity contribution is 0.546. The van der Waals surface area contributed by atoms with Crippen LogP contribution in [0.25, 0.3) is 11.1 Å². The number of aryl methyl sites for hydroxylation is 1. The number of aromatic nitrogens is 1. The van der Waals surface area contributed by atoms with Crippen LogP contribution in [0.2, 0.25) is 0 Å². The standard InChI is InChI=1S/C20H21F2N5/c1-4-5-17(18(22)13(3)21)26-20(27-24)16-10-15(11-25-19(16)23)14-8-6-12(2)7-9-14/h4-11H,1,24H2,2-3H3,(H2,23,25)(H,26,27)/b17-5+,18-13-. The number of allylic oxidation sites excluding steroid dienone is 4. The van der Waals surface area contributed by atoms with Gasteiger partial charge in [-0.25, -0.2) is 24.6 Å². The van der Waals surface area contributed by atoms with Gasteiger partial charge in [0.1, 0.15) is 17.3 Å². The third-order valence-electron chi connectivity index (χ3n) is 3.73. The van der Waals surface area contributed by atoms with Gasteiger partial charge in [0.15, 0.2) is 11.7 Å². The van der Waals surface area contributed by atoms with Gasteiger partial charge in [0.05, 0.1) is 5.56 Å². The van der Waals surface area contributed by atoms with Crippen molar-refractivity contribution in [3.8, 4) is 11.1 Å². The van der Waals surface area contributed by atoms with Crippen molar-refractivity contribution in [3.05, 3.63) is 83.7 Å². The summed E-state index contributed by atoms with van der Waals surface area (Å²) in [4.78, 5) is 8.22. The van der Waals surface area contributed by atoms with Crippen LogP contribution < -0.4 is 17.0 Å². The van der Waals surface area contributed by atoms with E-state index in [1.807, 2.05) is 31.2 Å². The van der Waals surface area contributed by atoms with E-state index in [-0.39, 0.29) is 17.4 Å². The minimum atomic E-state index is -1.12. The third kappa shape index (κ3) is 4.86. The molecule has 0 unspecified atom stereocenters. The van der Waals surface area contributed by atoms with Gasteiger partial charge in [-0.2, -0.15) is 0 Å². The van der Waals surface area contributed by atoms with Gasteiger partial charge in [-0.15, -0.1) is 0 Å². The molecule has 0 fully saturated rings. The molecule has 27 heavy (non-hydrogen) atoms. The number of rotatable bonds is 5. The molecule has 5 nitrogen and oxygen atoms in total. The summed E-state index contributed by atoms with van der Waals surface area (Å²) in [6.45, 7) is 6.46. The zero-order valence-electron chi connectivity index (χ0n) is 15.1. The SMILES string of the molecule is C=C/C=C(N=C(NN)c1cc(-c2ccc(C)cc2)cnc1N)\C(F)=C(/C)F. The number of nitrogen functional groups attached to an aromatic ring is 1. The number of hydrogen-bond donors (Lipinski definition) is 3. The van der Waals surface area contributed by atoms with Gasteiger partial charge in [0, 0.05) is 11.8 Å². The summed E-state index contributed by atoms with van der Waals surface area (Å²) in [6, 6.07) is 9.54. The zero-order chi connectivity index (χ0) is 20.0. The molecule has 2 aromatic rings. The van der Waals surface area contributed by atoms with Crippen LogP contribution in [0, 0.1) is 6.92 Å². The first-order valence-electron chi connectivity index (χ1n) is 8.10. The normalized spacial score (nSPS) is 13.2. The maximum absolute atomic E-state index is 14.0. The number of hydrogen-bond acceptors (Lipinski definition) is 4. The van der Waals surface area contributed by atoms with Gasteiger partial charge in [0.25, 0.3) is 0 Å². The second-order valence-corrected chi connectivity index (χ2v) is 5.76. The molecule has 0 aliphatic heterocycles. The number of halogens is 2. The van der Waals surface area contributed by atoms with Gasteiger partial charge in [-0.3, -0.25) is 0 Å². The minimum absolute atomic E-state index is 0.0402. The monoisotopic (exact) mass is 369 g/mol. The molecule has 7 heteroatoms. The van der Waals surface area contributed by atoms with E-state index in [0.29, 0.717) is 5.56 Å². The Labute approximate surface area is 156 Å². The van der Waals surface area contributed by atoms with E-state index < -0.39 is 11.7 Å². The van der Waals surface area contributed by atoms with E-state index in [1.165, 1.54) is 12.2 Å². The lowest BCUT2D eigenvalue weighted by Crippen LogP contribution is -2.32. The highest BCUT2D eigenvalue weighted by Gasteiger charge is 2.14. The molecule has 1 aromatic carbocycles. The highest BCUT2D eigenvalue weighted by Crippen LogP contribution is 2.24.